The van der Waals surface area contributed by atoms with Gasteiger partial charge in [0.25, 0.3) is 0 Å². The van der Waals surface area contributed by atoms with Gasteiger partial charge >= 0.3 is 0 Å². The standard InChI is InChI=1S/C29H24S/c1-21-15-16-22-9-5-6-10-23(22)17-18-29(30-26-13-3-2-4-14-26)28-20-25-12-8-7-11-24(25)19-27(21)28/h3,5-20H,2,4H2,1H3. The van der Waals surface area contributed by atoms with E-state index in [-0.39, 0.29) is 0 Å². The second-order valence-corrected chi connectivity index (χ2v) is 8.89. The zero-order valence-corrected chi connectivity index (χ0v) is 18.0. The monoisotopic (exact) mass is 404 g/mol. The maximum absolute atomic E-state index is 2.36. The first kappa shape index (κ1) is 19.0. The zero-order valence-electron chi connectivity index (χ0n) is 17.1. The molecule has 4 aromatic rings. The predicted octanol–water partition coefficient (Wildman–Crippen LogP) is 8.91. The smallest absolute Gasteiger partial charge is 0.0201 e. The topological polar surface area (TPSA) is 0 Å². The van der Waals surface area contributed by atoms with Crippen LogP contribution in [0.1, 0.15) is 18.4 Å². The Hall–Kier alpha value is -3.03. The van der Waals surface area contributed by atoms with Crippen molar-refractivity contribution in [2.75, 3.05) is 0 Å². The highest BCUT2D eigenvalue weighted by Gasteiger charge is 2.07. The Kier molecular flexibility index (Phi) is 5.29. The summed E-state index contributed by atoms with van der Waals surface area (Å²) in [6.45, 7) is 2.22. The maximum Gasteiger partial charge on any atom is 0.0201 e. The molecule has 0 aliphatic heterocycles. The molecule has 0 nitrogen and oxygen atoms in total. The summed E-state index contributed by atoms with van der Waals surface area (Å²) in [5.74, 6) is 0. The van der Waals surface area contributed by atoms with E-state index in [9.17, 15) is 0 Å². The molecule has 0 N–H and O–H groups in total. The van der Waals surface area contributed by atoms with Gasteiger partial charge in [-0.25, -0.2) is 0 Å². The molecule has 0 saturated carbocycles. The zero-order chi connectivity index (χ0) is 20.3. The first-order valence-electron chi connectivity index (χ1n) is 10.5. The Bertz CT molecular complexity index is 1340. The average molecular weight is 405 g/mol. The third-order valence-electron chi connectivity index (χ3n) is 5.69. The van der Waals surface area contributed by atoms with E-state index in [0.717, 1.165) is 12.8 Å². The minimum absolute atomic E-state index is 1.12. The molecule has 0 bridgehead atoms. The van der Waals surface area contributed by atoms with E-state index in [1.165, 1.54) is 47.7 Å². The molecule has 0 spiro atoms. The number of hydrogen-bond donors (Lipinski definition) is 0. The Morgan fingerprint density at radius 1 is 0.633 bits per heavy atom. The van der Waals surface area contributed by atoms with E-state index < -0.39 is 0 Å². The Morgan fingerprint density at radius 2 is 1.27 bits per heavy atom. The first-order valence-corrected chi connectivity index (χ1v) is 11.3. The molecule has 1 aliphatic rings. The molecule has 0 fully saturated rings. The number of thioether (sulfide) groups is 1. The molecular formula is C29H24S. The lowest BCUT2D eigenvalue weighted by molar-refractivity contribution is 1.03. The predicted molar refractivity (Wildman–Crippen MR) is 134 cm³/mol. The summed E-state index contributed by atoms with van der Waals surface area (Å²) in [5, 5.41) is 7.67. The van der Waals surface area contributed by atoms with Crippen molar-refractivity contribution in [2.24, 2.45) is 0 Å². The van der Waals surface area contributed by atoms with Gasteiger partial charge in [0.1, 0.15) is 0 Å². The lowest BCUT2D eigenvalue weighted by Gasteiger charge is -2.10. The molecule has 1 heteroatoms. The third kappa shape index (κ3) is 3.86. The summed E-state index contributed by atoms with van der Waals surface area (Å²) in [7, 11) is 0. The summed E-state index contributed by atoms with van der Waals surface area (Å²) in [6, 6.07) is 31.0. The molecule has 1 aliphatic carbocycles. The summed E-state index contributed by atoms with van der Waals surface area (Å²) >= 11 is 1.87. The van der Waals surface area contributed by atoms with Gasteiger partial charge in [0, 0.05) is 9.80 Å². The Labute approximate surface area is 182 Å². The molecule has 0 amide bonds. The number of benzene rings is 3. The molecule has 0 aromatic heterocycles. The van der Waals surface area contributed by atoms with Crippen LogP contribution in [0.5, 0.6) is 0 Å². The van der Waals surface area contributed by atoms with Crippen LogP contribution in [0.25, 0.3) is 32.3 Å². The normalized spacial score (nSPS) is 13.4. The van der Waals surface area contributed by atoms with Gasteiger partial charge in [0.15, 0.2) is 0 Å². The van der Waals surface area contributed by atoms with Crippen LogP contribution < -0.4 is 0 Å². The molecule has 4 aromatic carbocycles. The molecule has 5 rings (SSSR count). The molecular weight excluding hydrogens is 380 g/mol. The lowest BCUT2D eigenvalue weighted by Crippen LogP contribution is -1.84. The Morgan fingerprint density at radius 3 is 1.93 bits per heavy atom. The third-order valence-corrected chi connectivity index (χ3v) is 6.80. The SMILES string of the molecule is Cc1ccc2ccccc2ccc(SC2=CCCC=C2)c2cc3ccccc3cc12. The van der Waals surface area contributed by atoms with Crippen LogP contribution >= 0.6 is 11.8 Å². The fraction of sp³-hybridized carbons (Fsp3) is 0.103. The number of aryl methyl sites for hydroxylation is 1. The van der Waals surface area contributed by atoms with E-state index in [1.54, 1.807) is 0 Å². The van der Waals surface area contributed by atoms with Crippen molar-refractivity contribution in [1.82, 2.24) is 0 Å². The largest absolute Gasteiger partial charge is 0.0898 e. The van der Waals surface area contributed by atoms with Gasteiger partial charge in [-0.3, -0.25) is 0 Å². The van der Waals surface area contributed by atoms with Crippen LogP contribution in [-0.4, -0.2) is 0 Å². The van der Waals surface area contributed by atoms with Gasteiger partial charge in [-0.05, 0) is 75.8 Å². The van der Waals surface area contributed by atoms with Crippen molar-refractivity contribution in [3.05, 3.63) is 114 Å². The van der Waals surface area contributed by atoms with Crippen LogP contribution in [0.15, 0.2) is 113 Å². The van der Waals surface area contributed by atoms with Crippen LogP contribution in [0, 0.1) is 6.92 Å². The van der Waals surface area contributed by atoms with Crippen LogP contribution in [0.3, 0.4) is 0 Å². The minimum atomic E-state index is 1.12. The van der Waals surface area contributed by atoms with Gasteiger partial charge in [0.2, 0.25) is 0 Å². The number of rotatable bonds is 2. The van der Waals surface area contributed by atoms with Gasteiger partial charge < -0.3 is 0 Å². The van der Waals surface area contributed by atoms with Crippen molar-refractivity contribution < 1.29 is 0 Å². The number of hydrogen-bond acceptors (Lipinski definition) is 1. The van der Waals surface area contributed by atoms with Gasteiger partial charge in [-0.1, -0.05) is 96.7 Å². The van der Waals surface area contributed by atoms with Gasteiger partial charge in [0.05, 0.1) is 0 Å². The van der Waals surface area contributed by atoms with E-state index in [4.69, 9.17) is 0 Å². The molecule has 0 heterocycles. The fourth-order valence-electron chi connectivity index (χ4n) is 4.03. The quantitative estimate of drug-likeness (QED) is 0.321. The number of allylic oxidation sites excluding steroid dienone is 3. The van der Waals surface area contributed by atoms with E-state index in [2.05, 4.69) is 110 Å². The van der Waals surface area contributed by atoms with Crippen LogP contribution in [0.4, 0.5) is 0 Å². The first-order chi connectivity index (χ1) is 14.8. The van der Waals surface area contributed by atoms with Crippen molar-refractivity contribution >= 4 is 44.1 Å². The molecule has 0 unspecified atom stereocenters. The van der Waals surface area contributed by atoms with Crippen LogP contribution in [-0.2, 0) is 0 Å². The van der Waals surface area contributed by atoms with Crippen LogP contribution in [0.2, 0.25) is 0 Å². The summed E-state index contributed by atoms with van der Waals surface area (Å²) < 4.78 is 0. The highest BCUT2D eigenvalue weighted by atomic mass is 32.2. The summed E-state index contributed by atoms with van der Waals surface area (Å²) in [6.07, 6.45) is 9.16. The second-order valence-electron chi connectivity index (χ2n) is 7.78. The summed E-state index contributed by atoms with van der Waals surface area (Å²) in [5.41, 5.74) is 1.28. The lowest BCUT2D eigenvalue weighted by atomic mass is 10.0. The fourth-order valence-corrected chi connectivity index (χ4v) is 5.06. The van der Waals surface area contributed by atoms with E-state index >= 15 is 0 Å². The summed E-state index contributed by atoms with van der Waals surface area (Å²) in [4.78, 5) is 2.62. The van der Waals surface area contributed by atoms with Crippen molar-refractivity contribution in [3.63, 3.8) is 0 Å². The molecule has 0 radical (unpaired) electrons. The Balaban J connectivity index is 1.88. The van der Waals surface area contributed by atoms with Gasteiger partial charge in [-0.2, -0.15) is 0 Å². The highest BCUT2D eigenvalue weighted by Crippen LogP contribution is 2.36. The number of fused-ring (bicyclic) bond motifs is 3. The van der Waals surface area contributed by atoms with Gasteiger partial charge in [-0.15, -0.1) is 0 Å². The minimum Gasteiger partial charge on any atom is -0.0898 e. The molecule has 30 heavy (non-hydrogen) atoms. The van der Waals surface area contributed by atoms with E-state index in [0.29, 0.717) is 0 Å². The second kappa shape index (κ2) is 8.38. The molecule has 146 valence electrons. The highest BCUT2D eigenvalue weighted by molar-refractivity contribution is 8.03. The van der Waals surface area contributed by atoms with Crippen molar-refractivity contribution in [2.45, 2.75) is 24.7 Å². The maximum atomic E-state index is 2.36. The van der Waals surface area contributed by atoms with E-state index in [1.807, 2.05) is 11.8 Å². The van der Waals surface area contributed by atoms with Crippen molar-refractivity contribution in [3.8, 4) is 0 Å². The van der Waals surface area contributed by atoms with Crippen molar-refractivity contribution in [1.29, 1.82) is 0 Å². The average Bonchev–Trinajstić information content (AvgIpc) is 2.80. The molecule has 0 atom stereocenters. The molecule has 0 saturated heterocycles.